The number of hydrogen-bond donors (Lipinski definition) is 1. The van der Waals surface area contributed by atoms with Crippen LogP contribution in [-0.4, -0.2) is 37.8 Å². The van der Waals surface area contributed by atoms with Crippen molar-refractivity contribution in [2.75, 3.05) is 26.4 Å². The normalized spacial score (nSPS) is 16.4. The van der Waals surface area contributed by atoms with Gasteiger partial charge < -0.3 is 28.8 Å². The van der Waals surface area contributed by atoms with Crippen molar-refractivity contribution < 1.29 is 28.8 Å². The molecule has 0 saturated carbocycles. The highest BCUT2D eigenvalue weighted by Crippen LogP contribution is 2.46. The fourth-order valence-corrected chi connectivity index (χ4v) is 6.38. The van der Waals surface area contributed by atoms with E-state index < -0.39 is 5.60 Å². The summed E-state index contributed by atoms with van der Waals surface area (Å²) >= 11 is 0. The SMILES string of the molecule is OC(c1ccc(OCCOCc2ccccc2)cc1)(c1cccc(OCc2ccccc2)c1)C(CCOC1CCCCO1)c1ccccc1. The van der Waals surface area contributed by atoms with E-state index in [2.05, 4.69) is 12.1 Å². The number of ether oxygens (including phenoxy) is 5. The summed E-state index contributed by atoms with van der Waals surface area (Å²) in [5, 5.41) is 13.2. The van der Waals surface area contributed by atoms with E-state index in [1.54, 1.807) is 0 Å². The summed E-state index contributed by atoms with van der Waals surface area (Å²) in [5.74, 6) is 1.07. The van der Waals surface area contributed by atoms with Gasteiger partial charge in [-0.25, -0.2) is 0 Å². The largest absolute Gasteiger partial charge is 0.491 e. The van der Waals surface area contributed by atoms with E-state index in [0.717, 1.165) is 53.7 Å². The summed E-state index contributed by atoms with van der Waals surface area (Å²) in [6.07, 6.45) is 3.42. The molecule has 5 aromatic carbocycles. The van der Waals surface area contributed by atoms with Crippen LogP contribution in [0.2, 0.25) is 0 Å². The van der Waals surface area contributed by atoms with Crippen LogP contribution >= 0.6 is 0 Å². The van der Waals surface area contributed by atoms with Crippen LogP contribution in [0.25, 0.3) is 0 Å². The van der Waals surface area contributed by atoms with Gasteiger partial charge >= 0.3 is 0 Å². The van der Waals surface area contributed by atoms with Crippen molar-refractivity contribution in [3.8, 4) is 11.5 Å². The Balaban J connectivity index is 1.24. The molecule has 3 atom stereocenters. The van der Waals surface area contributed by atoms with Gasteiger partial charge in [0.25, 0.3) is 0 Å². The molecule has 1 fully saturated rings. The van der Waals surface area contributed by atoms with Gasteiger partial charge in [-0.3, -0.25) is 0 Å². The summed E-state index contributed by atoms with van der Waals surface area (Å²) in [6.45, 7) is 3.03. The van der Waals surface area contributed by atoms with Crippen LogP contribution in [0.4, 0.5) is 0 Å². The minimum Gasteiger partial charge on any atom is -0.491 e. The molecule has 1 aliphatic heterocycles. The molecule has 0 aromatic heterocycles. The zero-order valence-electron chi connectivity index (χ0n) is 28.0. The molecular weight excluding hydrogens is 612 g/mol. The van der Waals surface area contributed by atoms with Crippen LogP contribution in [0.5, 0.6) is 11.5 Å². The first kappa shape index (κ1) is 34.4. The lowest BCUT2D eigenvalue weighted by atomic mass is 9.71. The van der Waals surface area contributed by atoms with Gasteiger partial charge in [-0.1, -0.05) is 115 Å². The van der Waals surface area contributed by atoms with Gasteiger partial charge in [0, 0.05) is 12.5 Å². The van der Waals surface area contributed by atoms with Crippen LogP contribution < -0.4 is 9.47 Å². The van der Waals surface area contributed by atoms with E-state index in [1.165, 1.54) is 0 Å². The zero-order chi connectivity index (χ0) is 33.6. The predicted octanol–water partition coefficient (Wildman–Crippen LogP) is 8.81. The Labute approximate surface area is 290 Å². The molecule has 1 aliphatic rings. The lowest BCUT2D eigenvalue weighted by molar-refractivity contribution is -0.164. The topological polar surface area (TPSA) is 66.4 Å². The van der Waals surface area contributed by atoms with Crippen molar-refractivity contribution in [2.45, 2.75) is 56.7 Å². The highest BCUT2D eigenvalue weighted by Gasteiger charge is 2.41. The van der Waals surface area contributed by atoms with Crippen molar-refractivity contribution in [1.82, 2.24) is 0 Å². The molecule has 5 aromatic rings. The maximum absolute atomic E-state index is 13.2. The van der Waals surface area contributed by atoms with E-state index in [1.807, 2.05) is 127 Å². The third-order valence-corrected chi connectivity index (χ3v) is 8.98. The van der Waals surface area contributed by atoms with Crippen LogP contribution in [-0.2, 0) is 33.0 Å². The van der Waals surface area contributed by atoms with Crippen LogP contribution in [0.15, 0.2) is 140 Å². The smallest absolute Gasteiger partial charge is 0.157 e. The molecule has 1 N–H and O–H groups in total. The lowest BCUT2D eigenvalue weighted by Gasteiger charge is -2.38. The average Bonchev–Trinajstić information content (AvgIpc) is 3.17. The zero-order valence-corrected chi connectivity index (χ0v) is 28.0. The van der Waals surface area contributed by atoms with Crippen LogP contribution in [0.1, 0.15) is 59.4 Å². The molecule has 0 amide bonds. The van der Waals surface area contributed by atoms with Gasteiger partial charge in [0.05, 0.1) is 19.8 Å². The second-order valence-electron chi connectivity index (χ2n) is 12.4. The van der Waals surface area contributed by atoms with Gasteiger partial charge in [0.1, 0.15) is 30.3 Å². The van der Waals surface area contributed by atoms with Gasteiger partial charge in [-0.05, 0) is 77.8 Å². The minimum atomic E-state index is -1.42. The van der Waals surface area contributed by atoms with Gasteiger partial charge in [-0.15, -0.1) is 0 Å². The maximum Gasteiger partial charge on any atom is 0.157 e. The summed E-state index contributed by atoms with van der Waals surface area (Å²) in [5.41, 5.74) is 3.30. The maximum atomic E-state index is 13.2. The fourth-order valence-electron chi connectivity index (χ4n) is 6.38. The monoisotopic (exact) mass is 658 g/mol. The van der Waals surface area contributed by atoms with E-state index >= 15 is 0 Å². The second-order valence-corrected chi connectivity index (χ2v) is 12.4. The number of rotatable bonds is 17. The van der Waals surface area contributed by atoms with Crippen molar-refractivity contribution in [1.29, 1.82) is 0 Å². The molecule has 0 spiro atoms. The molecule has 6 nitrogen and oxygen atoms in total. The summed E-state index contributed by atoms with van der Waals surface area (Å²) < 4.78 is 30.2. The van der Waals surface area contributed by atoms with E-state index in [0.29, 0.717) is 51.0 Å². The Morgan fingerprint density at radius 2 is 1.33 bits per heavy atom. The lowest BCUT2D eigenvalue weighted by Crippen LogP contribution is -2.36. The Hall–Kier alpha value is -4.46. The molecular formula is C43H46O6. The van der Waals surface area contributed by atoms with Crippen LogP contribution in [0, 0.1) is 0 Å². The predicted molar refractivity (Wildman–Crippen MR) is 192 cm³/mol. The summed E-state index contributed by atoms with van der Waals surface area (Å²) in [7, 11) is 0. The highest BCUT2D eigenvalue weighted by molar-refractivity contribution is 5.46. The molecule has 0 bridgehead atoms. The average molecular weight is 659 g/mol. The van der Waals surface area contributed by atoms with Crippen molar-refractivity contribution in [3.63, 3.8) is 0 Å². The third-order valence-electron chi connectivity index (χ3n) is 8.98. The first-order chi connectivity index (χ1) is 24.2. The molecule has 254 valence electrons. The van der Waals surface area contributed by atoms with Gasteiger partial charge in [0.15, 0.2) is 6.29 Å². The van der Waals surface area contributed by atoms with Crippen molar-refractivity contribution in [3.05, 3.63) is 167 Å². The molecule has 1 heterocycles. The molecule has 3 unspecified atom stereocenters. The van der Waals surface area contributed by atoms with Crippen molar-refractivity contribution >= 4 is 0 Å². The number of aliphatic hydroxyl groups is 1. The Morgan fingerprint density at radius 1 is 0.633 bits per heavy atom. The second kappa shape index (κ2) is 17.8. The standard InChI is InChI=1S/C43H46O6/c44-43(38-19-12-20-40(31-38)49-33-35-15-6-2-7-16-35,41(36-17-8-3-9-18-36)26-28-48-42-21-10-11-27-47-42)37-22-24-39(25-23-37)46-30-29-45-32-34-13-4-1-5-14-34/h1-9,12-20,22-25,31,41-42,44H,10-11,21,26-30,32-33H2. The Kier molecular flexibility index (Phi) is 12.5. The first-order valence-corrected chi connectivity index (χ1v) is 17.3. The van der Waals surface area contributed by atoms with Crippen molar-refractivity contribution in [2.24, 2.45) is 0 Å². The fraction of sp³-hybridized carbons (Fsp3) is 0.302. The summed E-state index contributed by atoms with van der Waals surface area (Å²) in [6, 6.07) is 45.9. The van der Waals surface area contributed by atoms with Gasteiger partial charge in [0.2, 0.25) is 0 Å². The number of benzene rings is 5. The first-order valence-electron chi connectivity index (χ1n) is 17.3. The van der Waals surface area contributed by atoms with E-state index in [9.17, 15) is 5.11 Å². The van der Waals surface area contributed by atoms with Gasteiger partial charge in [-0.2, -0.15) is 0 Å². The molecule has 49 heavy (non-hydrogen) atoms. The summed E-state index contributed by atoms with van der Waals surface area (Å²) in [4.78, 5) is 0. The molecule has 6 heteroatoms. The quantitative estimate of drug-likeness (QED) is 0.101. The highest BCUT2D eigenvalue weighted by atomic mass is 16.7. The Bertz CT molecular complexity index is 1660. The molecule has 0 radical (unpaired) electrons. The molecule has 0 aliphatic carbocycles. The molecule has 1 saturated heterocycles. The third kappa shape index (κ3) is 9.58. The Morgan fingerprint density at radius 3 is 2.02 bits per heavy atom. The molecule has 6 rings (SSSR count). The van der Waals surface area contributed by atoms with Crippen LogP contribution in [0.3, 0.4) is 0 Å². The van der Waals surface area contributed by atoms with E-state index in [4.69, 9.17) is 23.7 Å². The number of hydrogen-bond acceptors (Lipinski definition) is 6. The van der Waals surface area contributed by atoms with E-state index in [-0.39, 0.29) is 12.2 Å². The minimum absolute atomic E-state index is 0.207.